The van der Waals surface area contributed by atoms with E-state index in [9.17, 15) is 4.79 Å². The molecule has 1 fully saturated rings. The first-order chi connectivity index (χ1) is 6.47. The number of rotatable bonds is 2. The number of amides is 1. The van der Waals surface area contributed by atoms with Gasteiger partial charge in [-0.3, -0.25) is 0 Å². The minimum Gasteiger partial charge on any atom is -0.449 e. The molecule has 4 nitrogen and oxygen atoms in total. The molecule has 0 spiro atoms. The fourth-order valence-corrected chi connectivity index (χ4v) is 1.39. The zero-order valence-corrected chi connectivity index (χ0v) is 9.22. The molecular formula is C10H20N2O2. The molecule has 1 aliphatic rings. The van der Waals surface area contributed by atoms with Crippen LogP contribution in [0.3, 0.4) is 0 Å². The number of carbonyl (C=O) groups is 1. The van der Waals surface area contributed by atoms with E-state index in [1.807, 2.05) is 20.8 Å². The summed E-state index contributed by atoms with van der Waals surface area (Å²) in [5, 5.41) is 5.99. The van der Waals surface area contributed by atoms with Crippen molar-refractivity contribution in [3.8, 4) is 0 Å². The molecule has 1 saturated heterocycles. The molecule has 0 aromatic rings. The summed E-state index contributed by atoms with van der Waals surface area (Å²) in [6.07, 6.45) is 0.785. The molecule has 82 valence electrons. The van der Waals surface area contributed by atoms with Gasteiger partial charge in [0.1, 0.15) is 0 Å². The lowest BCUT2D eigenvalue weighted by molar-refractivity contribution is 0.122. The van der Waals surface area contributed by atoms with Crippen molar-refractivity contribution in [2.75, 3.05) is 19.7 Å². The van der Waals surface area contributed by atoms with Gasteiger partial charge in [-0.25, -0.2) is 4.79 Å². The van der Waals surface area contributed by atoms with E-state index in [0.29, 0.717) is 12.5 Å². The standard InChI is InChI=1S/C10H20N2O2/c1-10(2,3)12-9(13)14-7-8-4-5-11-6-8/h8,11H,4-7H2,1-3H3,(H,12,13)/t8-/m1/s1. The van der Waals surface area contributed by atoms with Gasteiger partial charge in [-0.05, 0) is 33.7 Å². The van der Waals surface area contributed by atoms with Gasteiger partial charge in [0, 0.05) is 18.0 Å². The average Bonchev–Trinajstić information content (AvgIpc) is 2.49. The van der Waals surface area contributed by atoms with Crippen molar-refractivity contribution in [1.29, 1.82) is 0 Å². The number of alkyl carbamates (subject to hydrolysis) is 1. The summed E-state index contributed by atoms with van der Waals surface area (Å²) in [5.74, 6) is 0.487. The molecular weight excluding hydrogens is 180 g/mol. The quantitative estimate of drug-likeness (QED) is 0.702. The minimum atomic E-state index is -0.315. The highest BCUT2D eigenvalue weighted by atomic mass is 16.5. The zero-order chi connectivity index (χ0) is 10.6. The molecule has 0 aliphatic carbocycles. The van der Waals surface area contributed by atoms with Crippen molar-refractivity contribution in [1.82, 2.24) is 10.6 Å². The van der Waals surface area contributed by atoms with Crippen LogP contribution in [0.25, 0.3) is 0 Å². The van der Waals surface area contributed by atoms with Gasteiger partial charge in [-0.2, -0.15) is 0 Å². The second kappa shape index (κ2) is 4.64. The summed E-state index contributed by atoms with van der Waals surface area (Å²) in [4.78, 5) is 11.3. The van der Waals surface area contributed by atoms with Crippen LogP contribution in [0, 0.1) is 5.92 Å². The predicted octanol–water partition coefficient (Wildman–Crippen LogP) is 1.12. The monoisotopic (exact) mass is 200 g/mol. The lowest BCUT2D eigenvalue weighted by Crippen LogP contribution is -2.41. The molecule has 0 bridgehead atoms. The van der Waals surface area contributed by atoms with Crippen LogP contribution in [0.4, 0.5) is 4.79 Å². The van der Waals surface area contributed by atoms with Crippen molar-refractivity contribution in [3.05, 3.63) is 0 Å². The first-order valence-corrected chi connectivity index (χ1v) is 5.13. The third-order valence-electron chi connectivity index (χ3n) is 2.09. The van der Waals surface area contributed by atoms with Gasteiger partial charge < -0.3 is 15.4 Å². The third kappa shape index (κ3) is 4.46. The lowest BCUT2D eigenvalue weighted by atomic mass is 10.1. The van der Waals surface area contributed by atoms with Crippen LogP contribution in [-0.2, 0) is 4.74 Å². The van der Waals surface area contributed by atoms with Crippen LogP contribution in [0.1, 0.15) is 27.2 Å². The summed E-state index contributed by atoms with van der Waals surface area (Å²) in [6, 6.07) is 0. The average molecular weight is 200 g/mol. The Hall–Kier alpha value is -0.770. The smallest absolute Gasteiger partial charge is 0.407 e. The summed E-state index contributed by atoms with van der Waals surface area (Å²) in [5.41, 5.74) is -0.217. The first-order valence-electron chi connectivity index (χ1n) is 5.13. The number of nitrogens with one attached hydrogen (secondary N) is 2. The van der Waals surface area contributed by atoms with Gasteiger partial charge in [0.15, 0.2) is 0 Å². The van der Waals surface area contributed by atoms with Crippen LogP contribution in [0.15, 0.2) is 0 Å². The Kier molecular flexibility index (Phi) is 3.75. The van der Waals surface area contributed by atoms with Gasteiger partial charge in [0.2, 0.25) is 0 Å². The summed E-state index contributed by atoms with van der Waals surface area (Å²) in [7, 11) is 0. The topological polar surface area (TPSA) is 50.4 Å². The summed E-state index contributed by atoms with van der Waals surface area (Å²) in [6.45, 7) is 8.33. The molecule has 1 rings (SSSR count). The van der Waals surface area contributed by atoms with E-state index >= 15 is 0 Å². The van der Waals surface area contributed by atoms with Crippen LogP contribution < -0.4 is 10.6 Å². The fraction of sp³-hybridized carbons (Fsp3) is 0.900. The van der Waals surface area contributed by atoms with Crippen molar-refractivity contribution < 1.29 is 9.53 Å². The lowest BCUT2D eigenvalue weighted by Gasteiger charge is -2.20. The van der Waals surface area contributed by atoms with E-state index in [1.165, 1.54) is 0 Å². The van der Waals surface area contributed by atoms with Gasteiger partial charge in [-0.15, -0.1) is 0 Å². The first kappa shape index (κ1) is 11.3. The Balaban J connectivity index is 2.14. The Morgan fingerprint density at radius 2 is 2.29 bits per heavy atom. The summed E-state index contributed by atoms with van der Waals surface area (Å²) >= 11 is 0. The summed E-state index contributed by atoms with van der Waals surface area (Å²) < 4.78 is 5.11. The normalized spacial score (nSPS) is 22.1. The van der Waals surface area contributed by atoms with Gasteiger partial charge in [0.05, 0.1) is 6.61 Å². The van der Waals surface area contributed by atoms with Crippen LogP contribution >= 0.6 is 0 Å². The number of hydrogen-bond donors (Lipinski definition) is 2. The van der Waals surface area contributed by atoms with Crippen molar-refractivity contribution in [2.45, 2.75) is 32.7 Å². The van der Waals surface area contributed by atoms with E-state index in [0.717, 1.165) is 19.5 Å². The van der Waals surface area contributed by atoms with Gasteiger partial charge in [-0.1, -0.05) is 0 Å². The zero-order valence-electron chi connectivity index (χ0n) is 9.22. The maximum Gasteiger partial charge on any atom is 0.407 e. The van der Waals surface area contributed by atoms with Crippen LogP contribution in [-0.4, -0.2) is 31.3 Å². The Morgan fingerprint density at radius 1 is 1.57 bits per heavy atom. The third-order valence-corrected chi connectivity index (χ3v) is 2.09. The van der Waals surface area contributed by atoms with E-state index in [-0.39, 0.29) is 11.6 Å². The molecule has 1 amide bonds. The molecule has 4 heteroatoms. The molecule has 0 aromatic carbocycles. The number of hydrogen-bond acceptors (Lipinski definition) is 3. The predicted molar refractivity (Wildman–Crippen MR) is 55.2 cm³/mol. The SMILES string of the molecule is CC(C)(C)NC(=O)OC[C@@H]1CCNC1. The second-order valence-corrected chi connectivity index (χ2v) is 4.83. The maximum absolute atomic E-state index is 11.3. The van der Waals surface area contributed by atoms with Crippen molar-refractivity contribution >= 4 is 6.09 Å². The van der Waals surface area contributed by atoms with E-state index in [2.05, 4.69) is 10.6 Å². The van der Waals surface area contributed by atoms with E-state index in [1.54, 1.807) is 0 Å². The van der Waals surface area contributed by atoms with Gasteiger partial charge >= 0.3 is 6.09 Å². The second-order valence-electron chi connectivity index (χ2n) is 4.83. The molecule has 0 saturated carbocycles. The number of carbonyl (C=O) groups excluding carboxylic acids is 1. The maximum atomic E-state index is 11.3. The van der Waals surface area contributed by atoms with Crippen molar-refractivity contribution in [2.24, 2.45) is 5.92 Å². The molecule has 1 heterocycles. The van der Waals surface area contributed by atoms with E-state index < -0.39 is 0 Å². The molecule has 1 atom stereocenters. The van der Waals surface area contributed by atoms with Gasteiger partial charge in [0.25, 0.3) is 0 Å². The molecule has 1 aliphatic heterocycles. The molecule has 0 unspecified atom stereocenters. The highest BCUT2D eigenvalue weighted by Crippen LogP contribution is 2.08. The largest absolute Gasteiger partial charge is 0.449 e. The van der Waals surface area contributed by atoms with E-state index in [4.69, 9.17) is 4.74 Å². The molecule has 0 radical (unpaired) electrons. The minimum absolute atomic E-state index is 0.217. The van der Waals surface area contributed by atoms with Crippen molar-refractivity contribution in [3.63, 3.8) is 0 Å². The Bertz CT molecular complexity index is 193. The fourth-order valence-electron chi connectivity index (χ4n) is 1.39. The Labute approximate surface area is 85.4 Å². The molecule has 2 N–H and O–H groups in total. The highest BCUT2D eigenvalue weighted by Gasteiger charge is 2.18. The molecule has 14 heavy (non-hydrogen) atoms. The van der Waals surface area contributed by atoms with Crippen LogP contribution in [0.5, 0.6) is 0 Å². The Morgan fingerprint density at radius 3 is 2.79 bits per heavy atom. The number of ether oxygens (including phenoxy) is 1. The van der Waals surface area contributed by atoms with Crippen LogP contribution in [0.2, 0.25) is 0 Å². The highest BCUT2D eigenvalue weighted by molar-refractivity contribution is 5.68. The molecule has 0 aromatic heterocycles.